The minimum absolute atomic E-state index is 0.116. The van der Waals surface area contributed by atoms with Crippen molar-refractivity contribution in [2.75, 3.05) is 32.1 Å². The number of aromatic nitrogens is 2. The Morgan fingerprint density at radius 2 is 1.97 bits per heavy atom. The molecule has 7 nitrogen and oxygen atoms in total. The molecule has 0 bridgehead atoms. The summed E-state index contributed by atoms with van der Waals surface area (Å²) in [6, 6.07) is 9.92. The molecule has 0 saturated carbocycles. The standard InChI is InChI=1S/C22H23FN4O3S/c1-30-21(29)19-3-2-10-27(19)17-8-11-26(12-9-17)13-20(28)25-22-24-18(14-31-22)15-4-6-16(23)7-5-15/h2-7,10,14,17H,8-9,11-13H2,1H3,(H,24,25,28). The fourth-order valence-corrected chi connectivity index (χ4v) is 4.53. The largest absolute Gasteiger partial charge is 0.464 e. The molecule has 0 radical (unpaired) electrons. The Labute approximate surface area is 183 Å². The molecule has 1 N–H and O–H groups in total. The van der Waals surface area contributed by atoms with E-state index >= 15 is 0 Å². The van der Waals surface area contributed by atoms with Gasteiger partial charge in [-0.2, -0.15) is 0 Å². The molecule has 1 amide bonds. The van der Waals surface area contributed by atoms with Crippen LogP contribution >= 0.6 is 11.3 Å². The van der Waals surface area contributed by atoms with E-state index in [2.05, 4.69) is 15.2 Å². The lowest BCUT2D eigenvalue weighted by atomic mass is 10.0. The summed E-state index contributed by atoms with van der Waals surface area (Å²) in [4.78, 5) is 30.9. The van der Waals surface area contributed by atoms with Gasteiger partial charge in [0.1, 0.15) is 11.5 Å². The third kappa shape index (κ3) is 5.00. The second-order valence-electron chi connectivity index (χ2n) is 7.39. The number of carbonyl (C=O) groups is 2. The number of amides is 1. The van der Waals surface area contributed by atoms with Crippen LogP contribution in [-0.4, -0.2) is 53.1 Å². The maximum Gasteiger partial charge on any atom is 0.354 e. The van der Waals surface area contributed by atoms with Crippen LogP contribution in [0, 0.1) is 5.82 Å². The number of carbonyl (C=O) groups excluding carboxylic acids is 2. The molecule has 162 valence electrons. The Morgan fingerprint density at radius 3 is 2.68 bits per heavy atom. The van der Waals surface area contributed by atoms with Crippen molar-refractivity contribution >= 4 is 28.3 Å². The predicted octanol–water partition coefficient (Wildman–Crippen LogP) is 3.81. The number of piperidine rings is 1. The van der Waals surface area contributed by atoms with Gasteiger partial charge in [-0.05, 0) is 49.2 Å². The summed E-state index contributed by atoms with van der Waals surface area (Å²) in [6.07, 6.45) is 3.59. The van der Waals surface area contributed by atoms with E-state index in [-0.39, 0.29) is 30.3 Å². The Kier molecular flexibility index (Phi) is 6.43. The smallest absolute Gasteiger partial charge is 0.354 e. The summed E-state index contributed by atoms with van der Waals surface area (Å²) in [5.74, 6) is -0.750. The molecule has 2 aromatic heterocycles. The molecule has 9 heteroatoms. The number of halogens is 1. The predicted molar refractivity (Wildman–Crippen MR) is 117 cm³/mol. The normalized spacial score (nSPS) is 15.0. The highest BCUT2D eigenvalue weighted by Gasteiger charge is 2.25. The quantitative estimate of drug-likeness (QED) is 0.588. The van der Waals surface area contributed by atoms with E-state index in [9.17, 15) is 14.0 Å². The third-order valence-corrected chi connectivity index (χ3v) is 6.14. The lowest BCUT2D eigenvalue weighted by molar-refractivity contribution is -0.117. The molecule has 1 aliphatic heterocycles. The molecule has 3 heterocycles. The maximum absolute atomic E-state index is 13.1. The third-order valence-electron chi connectivity index (χ3n) is 5.38. The molecule has 1 aromatic carbocycles. The van der Waals surface area contributed by atoms with E-state index in [4.69, 9.17) is 4.74 Å². The molecule has 31 heavy (non-hydrogen) atoms. The van der Waals surface area contributed by atoms with Crippen molar-refractivity contribution < 1.29 is 18.7 Å². The molecular formula is C22H23FN4O3S. The van der Waals surface area contributed by atoms with Crippen LogP contribution in [0.3, 0.4) is 0 Å². The minimum Gasteiger partial charge on any atom is -0.464 e. The van der Waals surface area contributed by atoms with Crippen LogP contribution in [0.2, 0.25) is 0 Å². The second-order valence-corrected chi connectivity index (χ2v) is 8.25. The molecule has 1 aliphatic rings. The van der Waals surface area contributed by atoms with E-state index in [1.807, 2.05) is 22.2 Å². The van der Waals surface area contributed by atoms with E-state index in [0.717, 1.165) is 31.5 Å². The Hall–Kier alpha value is -3.04. The van der Waals surface area contributed by atoms with Gasteiger partial charge in [0.25, 0.3) is 0 Å². The van der Waals surface area contributed by atoms with Crippen LogP contribution in [0.25, 0.3) is 11.3 Å². The highest BCUT2D eigenvalue weighted by Crippen LogP contribution is 2.26. The highest BCUT2D eigenvalue weighted by molar-refractivity contribution is 7.14. The zero-order valence-electron chi connectivity index (χ0n) is 17.1. The zero-order valence-corrected chi connectivity index (χ0v) is 17.9. The van der Waals surface area contributed by atoms with E-state index in [1.54, 1.807) is 18.2 Å². The van der Waals surface area contributed by atoms with Crippen molar-refractivity contribution in [1.82, 2.24) is 14.5 Å². The van der Waals surface area contributed by atoms with Gasteiger partial charge in [-0.15, -0.1) is 11.3 Å². The van der Waals surface area contributed by atoms with Gasteiger partial charge >= 0.3 is 5.97 Å². The Bertz CT molecular complexity index is 1050. The summed E-state index contributed by atoms with van der Waals surface area (Å²) in [5.41, 5.74) is 2.06. The Morgan fingerprint density at radius 1 is 1.23 bits per heavy atom. The van der Waals surface area contributed by atoms with Crippen molar-refractivity contribution in [3.63, 3.8) is 0 Å². The summed E-state index contributed by atoms with van der Waals surface area (Å²) in [7, 11) is 1.38. The van der Waals surface area contributed by atoms with Gasteiger partial charge in [0.05, 0.1) is 19.3 Å². The Balaban J connectivity index is 1.28. The van der Waals surface area contributed by atoms with Gasteiger partial charge in [-0.3, -0.25) is 9.69 Å². The van der Waals surface area contributed by atoms with Crippen LogP contribution < -0.4 is 5.32 Å². The SMILES string of the molecule is COC(=O)c1cccn1C1CCN(CC(=O)Nc2nc(-c3ccc(F)cc3)cs2)CC1. The number of benzene rings is 1. The monoisotopic (exact) mass is 442 g/mol. The van der Waals surface area contributed by atoms with Crippen molar-refractivity contribution in [3.05, 3.63) is 59.5 Å². The van der Waals surface area contributed by atoms with Gasteiger partial charge in [-0.25, -0.2) is 14.2 Å². The lowest BCUT2D eigenvalue weighted by Crippen LogP contribution is -2.40. The number of likely N-dealkylation sites (tertiary alicyclic amines) is 1. The number of esters is 1. The maximum atomic E-state index is 13.1. The first-order chi connectivity index (χ1) is 15.0. The number of rotatable bonds is 6. The van der Waals surface area contributed by atoms with E-state index < -0.39 is 0 Å². The van der Waals surface area contributed by atoms with Crippen LogP contribution in [0.4, 0.5) is 9.52 Å². The average molecular weight is 443 g/mol. The summed E-state index contributed by atoms with van der Waals surface area (Å²) in [6.45, 7) is 1.80. The van der Waals surface area contributed by atoms with Crippen molar-refractivity contribution in [1.29, 1.82) is 0 Å². The lowest BCUT2D eigenvalue weighted by Gasteiger charge is -2.32. The number of anilines is 1. The molecule has 0 unspecified atom stereocenters. The molecule has 0 aliphatic carbocycles. The van der Waals surface area contributed by atoms with Gasteiger partial charge < -0.3 is 14.6 Å². The molecule has 4 rings (SSSR count). The molecule has 1 fully saturated rings. The minimum atomic E-state index is -0.338. The summed E-state index contributed by atoms with van der Waals surface area (Å²) in [5, 5.41) is 5.21. The van der Waals surface area contributed by atoms with Crippen molar-refractivity contribution in [3.8, 4) is 11.3 Å². The van der Waals surface area contributed by atoms with Crippen LogP contribution in [-0.2, 0) is 9.53 Å². The topological polar surface area (TPSA) is 76.5 Å². The fourth-order valence-electron chi connectivity index (χ4n) is 3.79. The first kappa shape index (κ1) is 21.2. The van der Waals surface area contributed by atoms with Crippen LogP contribution in [0.5, 0.6) is 0 Å². The first-order valence-electron chi connectivity index (χ1n) is 10.0. The molecule has 1 saturated heterocycles. The number of hydrogen-bond acceptors (Lipinski definition) is 6. The molecule has 0 atom stereocenters. The fraction of sp³-hybridized carbons (Fsp3) is 0.318. The van der Waals surface area contributed by atoms with E-state index in [1.165, 1.54) is 30.6 Å². The number of hydrogen-bond donors (Lipinski definition) is 1. The number of nitrogens with zero attached hydrogens (tertiary/aromatic N) is 3. The van der Waals surface area contributed by atoms with Gasteiger partial charge in [0.2, 0.25) is 5.91 Å². The van der Waals surface area contributed by atoms with Crippen molar-refractivity contribution in [2.45, 2.75) is 18.9 Å². The molecule has 3 aromatic rings. The molecular weight excluding hydrogens is 419 g/mol. The van der Waals surface area contributed by atoms with Gasteiger partial charge in [-0.1, -0.05) is 0 Å². The van der Waals surface area contributed by atoms with Gasteiger partial charge in [0.15, 0.2) is 5.13 Å². The summed E-state index contributed by atoms with van der Waals surface area (Å²) < 4.78 is 19.9. The average Bonchev–Trinajstić information content (AvgIpc) is 3.44. The number of ether oxygens (including phenoxy) is 1. The zero-order chi connectivity index (χ0) is 21.8. The van der Waals surface area contributed by atoms with Crippen LogP contribution in [0.15, 0.2) is 48.0 Å². The number of nitrogens with one attached hydrogen (secondary N) is 1. The number of methoxy groups -OCH3 is 1. The van der Waals surface area contributed by atoms with Gasteiger partial charge in [0, 0.05) is 36.3 Å². The molecule has 0 spiro atoms. The van der Waals surface area contributed by atoms with E-state index in [0.29, 0.717) is 16.5 Å². The number of thiazole rings is 1. The summed E-state index contributed by atoms with van der Waals surface area (Å²) >= 11 is 1.34. The van der Waals surface area contributed by atoms with Crippen LogP contribution in [0.1, 0.15) is 29.4 Å². The first-order valence-corrected chi connectivity index (χ1v) is 10.9. The second kappa shape index (κ2) is 9.40. The van der Waals surface area contributed by atoms with Crippen molar-refractivity contribution in [2.24, 2.45) is 0 Å². The highest BCUT2D eigenvalue weighted by atomic mass is 32.1.